The molecule has 0 spiro atoms. The van der Waals surface area contributed by atoms with E-state index in [-0.39, 0.29) is 5.78 Å². The molecule has 0 bridgehead atoms. The van der Waals surface area contributed by atoms with Crippen LogP contribution in [0.25, 0.3) is 0 Å². The standard InChI is InChI=1S/C15H16O4/c1-9-7-12(10(2)19-9)15(16)13-8-11(17-3)5-6-14(13)18-4/h5-8H,1-4H3. The molecule has 2 aromatic rings. The fourth-order valence-electron chi connectivity index (χ4n) is 1.99. The van der Waals surface area contributed by atoms with Gasteiger partial charge in [-0.05, 0) is 38.1 Å². The van der Waals surface area contributed by atoms with Gasteiger partial charge in [0.15, 0.2) is 5.78 Å². The molecule has 2 rings (SSSR count). The van der Waals surface area contributed by atoms with Gasteiger partial charge in [-0.15, -0.1) is 0 Å². The highest BCUT2D eigenvalue weighted by Crippen LogP contribution is 2.28. The van der Waals surface area contributed by atoms with E-state index in [9.17, 15) is 4.79 Å². The van der Waals surface area contributed by atoms with E-state index in [1.54, 1.807) is 38.3 Å². The van der Waals surface area contributed by atoms with Gasteiger partial charge in [-0.1, -0.05) is 0 Å². The molecule has 0 saturated heterocycles. The third-order valence-corrected chi connectivity index (χ3v) is 2.94. The Labute approximate surface area is 111 Å². The first-order valence-corrected chi connectivity index (χ1v) is 5.90. The maximum absolute atomic E-state index is 12.5. The molecule has 0 unspecified atom stereocenters. The van der Waals surface area contributed by atoms with Crippen LogP contribution in [0.4, 0.5) is 0 Å². The highest BCUT2D eigenvalue weighted by molar-refractivity contribution is 6.11. The molecule has 1 aromatic carbocycles. The van der Waals surface area contributed by atoms with Crippen LogP contribution >= 0.6 is 0 Å². The molecule has 0 aliphatic rings. The summed E-state index contributed by atoms with van der Waals surface area (Å²) in [6.07, 6.45) is 0. The molecule has 0 N–H and O–H groups in total. The lowest BCUT2D eigenvalue weighted by Gasteiger charge is -2.09. The molecule has 1 aromatic heterocycles. The van der Waals surface area contributed by atoms with Crippen LogP contribution in [-0.2, 0) is 0 Å². The van der Waals surface area contributed by atoms with E-state index < -0.39 is 0 Å². The zero-order valence-electron chi connectivity index (χ0n) is 11.4. The van der Waals surface area contributed by atoms with Crippen LogP contribution < -0.4 is 9.47 Å². The van der Waals surface area contributed by atoms with Crippen molar-refractivity contribution in [1.29, 1.82) is 0 Å². The van der Waals surface area contributed by atoms with Crippen LogP contribution in [0, 0.1) is 13.8 Å². The highest BCUT2D eigenvalue weighted by Gasteiger charge is 2.20. The Morgan fingerprint density at radius 2 is 1.79 bits per heavy atom. The van der Waals surface area contributed by atoms with Gasteiger partial charge < -0.3 is 13.9 Å². The van der Waals surface area contributed by atoms with Gasteiger partial charge in [0.25, 0.3) is 0 Å². The normalized spacial score (nSPS) is 10.3. The minimum atomic E-state index is -0.134. The van der Waals surface area contributed by atoms with Crippen molar-refractivity contribution in [3.63, 3.8) is 0 Å². The van der Waals surface area contributed by atoms with Crippen molar-refractivity contribution in [1.82, 2.24) is 0 Å². The average Bonchev–Trinajstić information content (AvgIpc) is 2.76. The summed E-state index contributed by atoms with van der Waals surface area (Å²) in [4.78, 5) is 12.5. The summed E-state index contributed by atoms with van der Waals surface area (Å²) in [5.41, 5.74) is 1.01. The van der Waals surface area contributed by atoms with E-state index in [2.05, 4.69) is 0 Å². The second-order valence-corrected chi connectivity index (χ2v) is 4.22. The van der Waals surface area contributed by atoms with Crippen molar-refractivity contribution >= 4 is 5.78 Å². The molecule has 0 aliphatic carbocycles. The monoisotopic (exact) mass is 260 g/mol. The van der Waals surface area contributed by atoms with Crippen molar-refractivity contribution in [3.8, 4) is 11.5 Å². The molecule has 0 atom stereocenters. The first-order valence-electron chi connectivity index (χ1n) is 5.90. The van der Waals surface area contributed by atoms with Gasteiger partial charge >= 0.3 is 0 Å². The Bertz CT molecular complexity index is 611. The van der Waals surface area contributed by atoms with E-state index in [0.717, 1.165) is 0 Å². The zero-order valence-corrected chi connectivity index (χ0v) is 11.4. The lowest BCUT2D eigenvalue weighted by molar-refractivity contribution is 0.103. The van der Waals surface area contributed by atoms with E-state index in [4.69, 9.17) is 13.9 Å². The Kier molecular flexibility index (Phi) is 3.60. The first-order chi connectivity index (χ1) is 9.06. The maximum atomic E-state index is 12.5. The predicted octanol–water partition coefficient (Wildman–Crippen LogP) is 3.14. The van der Waals surface area contributed by atoms with Crippen molar-refractivity contribution in [2.45, 2.75) is 13.8 Å². The fourth-order valence-corrected chi connectivity index (χ4v) is 1.99. The Balaban J connectivity index is 2.51. The van der Waals surface area contributed by atoms with Gasteiger partial charge in [0.1, 0.15) is 23.0 Å². The number of furan rings is 1. The molecule has 4 nitrogen and oxygen atoms in total. The SMILES string of the molecule is COc1ccc(OC)c(C(=O)c2cc(C)oc2C)c1. The number of methoxy groups -OCH3 is 2. The van der Waals surface area contributed by atoms with Gasteiger partial charge in [-0.2, -0.15) is 0 Å². The summed E-state index contributed by atoms with van der Waals surface area (Å²) in [5.74, 6) is 2.31. The second-order valence-electron chi connectivity index (χ2n) is 4.22. The van der Waals surface area contributed by atoms with Gasteiger partial charge in [0, 0.05) is 0 Å². The third kappa shape index (κ3) is 2.47. The van der Waals surface area contributed by atoms with Crippen LogP contribution in [0.15, 0.2) is 28.7 Å². The van der Waals surface area contributed by atoms with Crippen LogP contribution in [0.2, 0.25) is 0 Å². The molecule has 0 saturated carbocycles. The van der Waals surface area contributed by atoms with Crippen molar-refractivity contribution in [2.75, 3.05) is 14.2 Å². The van der Waals surface area contributed by atoms with Gasteiger partial charge in [0.05, 0.1) is 25.3 Å². The number of hydrogen-bond donors (Lipinski definition) is 0. The first kappa shape index (κ1) is 13.2. The van der Waals surface area contributed by atoms with Gasteiger partial charge in [-0.3, -0.25) is 4.79 Å². The molecular formula is C15H16O4. The number of hydrogen-bond acceptors (Lipinski definition) is 4. The third-order valence-electron chi connectivity index (χ3n) is 2.94. The summed E-state index contributed by atoms with van der Waals surface area (Å²) in [7, 11) is 3.09. The van der Waals surface area contributed by atoms with Crippen LogP contribution in [0.5, 0.6) is 11.5 Å². The topological polar surface area (TPSA) is 48.7 Å². The summed E-state index contributed by atoms with van der Waals surface area (Å²) in [6.45, 7) is 3.58. The van der Waals surface area contributed by atoms with E-state index >= 15 is 0 Å². The Morgan fingerprint density at radius 3 is 2.32 bits per heavy atom. The largest absolute Gasteiger partial charge is 0.497 e. The zero-order chi connectivity index (χ0) is 14.0. The molecular weight excluding hydrogens is 244 g/mol. The lowest BCUT2D eigenvalue weighted by Crippen LogP contribution is -2.04. The maximum Gasteiger partial charge on any atom is 0.200 e. The number of benzene rings is 1. The van der Waals surface area contributed by atoms with Crippen molar-refractivity contribution in [3.05, 3.63) is 46.9 Å². The average molecular weight is 260 g/mol. The molecule has 4 heteroatoms. The van der Waals surface area contributed by atoms with E-state index in [1.165, 1.54) is 7.11 Å². The van der Waals surface area contributed by atoms with Crippen molar-refractivity contribution < 1.29 is 18.7 Å². The summed E-state index contributed by atoms with van der Waals surface area (Å²) < 4.78 is 15.8. The number of carbonyl (C=O) groups is 1. The quantitative estimate of drug-likeness (QED) is 0.792. The molecule has 0 fully saturated rings. The second kappa shape index (κ2) is 5.18. The summed E-state index contributed by atoms with van der Waals surface area (Å²) in [6, 6.07) is 6.87. The smallest absolute Gasteiger partial charge is 0.200 e. The molecule has 100 valence electrons. The van der Waals surface area contributed by atoms with Crippen LogP contribution in [0.3, 0.4) is 0 Å². The van der Waals surface area contributed by atoms with Crippen molar-refractivity contribution in [2.24, 2.45) is 0 Å². The minimum Gasteiger partial charge on any atom is -0.497 e. The highest BCUT2D eigenvalue weighted by atomic mass is 16.5. The number of aryl methyl sites for hydroxylation is 2. The van der Waals surface area contributed by atoms with Crippen LogP contribution in [0.1, 0.15) is 27.4 Å². The number of ether oxygens (including phenoxy) is 2. The van der Waals surface area contributed by atoms with Gasteiger partial charge in [-0.25, -0.2) is 0 Å². The number of ketones is 1. The number of carbonyl (C=O) groups excluding carboxylic acids is 1. The minimum absolute atomic E-state index is 0.134. The summed E-state index contributed by atoms with van der Waals surface area (Å²) >= 11 is 0. The number of rotatable bonds is 4. The molecule has 19 heavy (non-hydrogen) atoms. The lowest BCUT2D eigenvalue weighted by atomic mass is 10.0. The fraction of sp³-hybridized carbons (Fsp3) is 0.267. The molecule has 0 radical (unpaired) electrons. The van der Waals surface area contributed by atoms with Crippen LogP contribution in [-0.4, -0.2) is 20.0 Å². The predicted molar refractivity (Wildman–Crippen MR) is 71.2 cm³/mol. The Hall–Kier alpha value is -2.23. The molecule has 1 heterocycles. The Morgan fingerprint density at radius 1 is 1.05 bits per heavy atom. The van der Waals surface area contributed by atoms with E-state index in [0.29, 0.717) is 34.1 Å². The molecule has 0 aliphatic heterocycles. The molecule has 0 amide bonds. The summed E-state index contributed by atoms with van der Waals surface area (Å²) in [5, 5.41) is 0. The van der Waals surface area contributed by atoms with E-state index in [1.807, 2.05) is 6.92 Å². The van der Waals surface area contributed by atoms with Gasteiger partial charge in [0.2, 0.25) is 0 Å².